The number of halogens is 2. The number of nitro benzene ring substituents is 1. The Morgan fingerprint density at radius 1 is 1.44 bits per heavy atom. The van der Waals surface area contributed by atoms with Gasteiger partial charge in [0.25, 0.3) is 11.6 Å². The zero-order valence-corrected chi connectivity index (χ0v) is 15.0. The van der Waals surface area contributed by atoms with Gasteiger partial charge in [0.1, 0.15) is 5.02 Å². The molecule has 10 heteroatoms. The average molecular weight is 429 g/mol. The summed E-state index contributed by atoms with van der Waals surface area (Å²) in [5.74, 6) is -0.464. The van der Waals surface area contributed by atoms with Gasteiger partial charge in [0.2, 0.25) is 0 Å². The number of amides is 1. The number of hydrazone groups is 1. The van der Waals surface area contributed by atoms with Crippen molar-refractivity contribution in [2.45, 2.75) is 0 Å². The molecule has 1 amide bonds. The molecule has 8 nitrogen and oxygen atoms in total. The Bertz CT molecular complexity index is 872. The van der Waals surface area contributed by atoms with Crippen LogP contribution >= 0.6 is 27.5 Å². The Hall–Kier alpha value is -2.65. The van der Waals surface area contributed by atoms with E-state index in [-0.39, 0.29) is 27.8 Å². The van der Waals surface area contributed by atoms with Crippen molar-refractivity contribution in [2.75, 3.05) is 7.11 Å². The number of phenols is 1. The minimum Gasteiger partial charge on any atom is -0.503 e. The molecule has 0 aromatic heterocycles. The topological polar surface area (TPSA) is 114 Å². The minimum absolute atomic E-state index is 0.0396. The molecule has 0 unspecified atom stereocenters. The molecule has 2 rings (SSSR count). The Kier molecular flexibility index (Phi) is 5.94. The van der Waals surface area contributed by atoms with Crippen LogP contribution < -0.4 is 10.2 Å². The maximum absolute atomic E-state index is 12.0. The summed E-state index contributed by atoms with van der Waals surface area (Å²) in [4.78, 5) is 22.2. The summed E-state index contributed by atoms with van der Waals surface area (Å²) in [6.45, 7) is 0. The monoisotopic (exact) mass is 427 g/mol. The molecule has 0 saturated carbocycles. The van der Waals surface area contributed by atoms with Gasteiger partial charge in [-0.25, -0.2) is 5.43 Å². The van der Waals surface area contributed by atoms with Crippen LogP contribution in [0.5, 0.6) is 11.5 Å². The van der Waals surface area contributed by atoms with Crippen molar-refractivity contribution in [3.8, 4) is 11.5 Å². The molecule has 25 heavy (non-hydrogen) atoms. The van der Waals surface area contributed by atoms with Crippen LogP contribution in [0.2, 0.25) is 5.02 Å². The standard InChI is InChI=1S/C15H11BrClN3O5/c1-25-13-5-8(4-10(16)14(13)21)7-18-19-15(22)9-2-3-11(17)12(6-9)20(23)24/h2-7,21H,1H3,(H,19,22)/b18-7-. The van der Waals surface area contributed by atoms with E-state index in [4.69, 9.17) is 16.3 Å². The van der Waals surface area contributed by atoms with E-state index in [9.17, 15) is 20.0 Å². The van der Waals surface area contributed by atoms with Crippen LogP contribution in [0.4, 0.5) is 5.69 Å². The molecule has 0 fully saturated rings. The summed E-state index contributed by atoms with van der Waals surface area (Å²) in [6.07, 6.45) is 1.33. The summed E-state index contributed by atoms with van der Waals surface area (Å²) < 4.78 is 5.40. The molecule has 0 radical (unpaired) electrons. The van der Waals surface area contributed by atoms with Gasteiger partial charge in [0, 0.05) is 11.6 Å². The molecule has 2 aromatic rings. The van der Waals surface area contributed by atoms with Gasteiger partial charge in [-0.05, 0) is 45.8 Å². The number of nitrogens with one attached hydrogen (secondary N) is 1. The minimum atomic E-state index is -0.678. The van der Waals surface area contributed by atoms with Crippen LogP contribution in [0.15, 0.2) is 39.9 Å². The van der Waals surface area contributed by atoms with Gasteiger partial charge in [0.15, 0.2) is 11.5 Å². The lowest BCUT2D eigenvalue weighted by Gasteiger charge is -2.06. The van der Waals surface area contributed by atoms with Gasteiger partial charge in [-0.15, -0.1) is 0 Å². The number of phenolic OH excluding ortho intramolecular Hbond substituents is 1. The number of carbonyl (C=O) groups excluding carboxylic acids is 1. The van der Waals surface area contributed by atoms with Crippen molar-refractivity contribution >= 4 is 45.3 Å². The number of nitrogens with zero attached hydrogens (tertiary/aromatic N) is 2. The van der Waals surface area contributed by atoms with E-state index in [0.29, 0.717) is 10.0 Å². The van der Waals surface area contributed by atoms with Crippen LogP contribution in [-0.4, -0.2) is 29.3 Å². The second-order valence-electron chi connectivity index (χ2n) is 4.68. The molecule has 0 aliphatic rings. The molecule has 0 spiro atoms. The largest absolute Gasteiger partial charge is 0.503 e. The van der Waals surface area contributed by atoms with Crippen LogP contribution in [0.1, 0.15) is 15.9 Å². The van der Waals surface area contributed by atoms with Crippen molar-refractivity contribution < 1.29 is 19.6 Å². The van der Waals surface area contributed by atoms with E-state index < -0.39 is 10.8 Å². The van der Waals surface area contributed by atoms with Crippen molar-refractivity contribution in [3.05, 3.63) is 61.1 Å². The summed E-state index contributed by atoms with van der Waals surface area (Å²) in [5.41, 5.74) is 2.47. The number of hydrogen-bond acceptors (Lipinski definition) is 6. The fourth-order valence-electron chi connectivity index (χ4n) is 1.85. The number of rotatable bonds is 5. The highest BCUT2D eigenvalue weighted by atomic mass is 79.9. The third-order valence-corrected chi connectivity index (χ3v) is 3.98. The quantitative estimate of drug-likeness (QED) is 0.430. The second-order valence-corrected chi connectivity index (χ2v) is 5.94. The SMILES string of the molecule is COc1cc(/C=N\NC(=O)c2ccc(Cl)c([N+](=O)[O-])c2)cc(Br)c1O. The Labute approximate surface area is 155 Å². The molecule has 0 atom stereocenters. The summed E-state index contributed by atoms with van der Waals surface area (Å²) in [7, 11) is 1.40. The lowest BCUT2D eigenvalue weighted by atomic mass is 10.2. The van der Waals surface area contributed by atoms with Crippen molar-refractivity contribution in [2.24, 2.45) is 5.10 Å². The fourth-order valence-corrected chi connectivity index (χ4v) is 2.49. The van der Waals surface area contributed by atoms with E-state index in [1.165, 1.54) is 31.5 Å². The molecular weight excluding hydrogens is 418 g/mol. The van der Waals surface area contributed by atoms with Crippen molar-refractivity contribution in [1.29, 1.82) is 0 Å². The highest BCUT2D eigenvalue weighted by molar-refractivity contribution is 9.10. The molecule has 0 heterocycles. The number of ether oxygens (including phenoxy) is 1. The van der Waals surface area contributed by atoms with E-state index >= 15 is 0 Å². The summed E-state index contributed by atoms with van der Waals surface area (Å²) >= 11 is 8.86. The Morgan fingerprint density at radius 3 is 2.80 bits per heavy atom. The second kappa shape index (κ2) is 7.95. The lowest BCUT2D eigenvalue weighted by molar-refractivity contribution is -0.384. The van der Waals surface area contributed by atoms with Gasteiger partial charge in [-0.2, -0.15) is 5.10 Å². The molecule has 0 bridgehead atoms. The Morgan fingerprint density at radius 2 is 2.16 bits per heavy atom. The molecule has 2 aromatic carbocycles. The van der Waals surface area contributed by atoms with E-state index in [0.717, 1.165) is 6.07 Å². The average Bonchev–Trinajstić information content (AvgIpc) is 2.57. The molecular formula is C15H11BrClN3O5. The highest BCUT2D eigenvalue weighted by Crippen LogP contribution is 2.34. The molecule has 130 valence electrons. The maximum atomic E-state index is 12.0. The third kappa shape index (κ3) is 4.46. The van der Waals surface area contributed by atoms with Crippen molar-refractivity contribution in [1.82, 2.24) is 5.43 Å². The van der Waals surface area contributed by atoms with Crippen LogP contribution in [-0.2, 0) is 0 Å². The van der Waals surface area contributed by atoms with E-state index in [1.54, 1.807) is 6.07 Å². The molecule has 2 N–H and O–H groups in total. The first-order valence-electron chi connectivity index (χ1n) is 6.67. The van der Waals surface area contributed by atoms with Crippen LogP contribution in [0, 0.1) is 10.1 Å². The predicted octanol–water partition coefficient (Wildman–Crippen LogP) is 3.49. The Balaban J connectivity index is 2.15. The lowest BCUT2D eigenvalue weighted by Crippen LogP contribution is -2.17. The molecule has 0 saturated heterocycles. The van der Waals surface area contributed by atoms with Gasteiger partial charge in [-0.3, -0.25) is 14.9 Å². The molecule has 0 aliphatic heterocycles. The first-order valence-corrected chi connectivity index (χ1v) is 7.84. The first-order chi connectivity index (χ1) is 11.8. The van der Waals surface area contributed by atoms with E-state index in [1.807, 2.05) is 0 Å². The number of carbonyl (C=O) groups is 1. The van der Waals surface area contributed by atoms with Gasteiger partial charge < -0.3 is 9.84 Å². The van der Waals surface area contributed by atoms with Crippen LogP contribution in [0.3, 0.4) is 0 Å². The number of hydrogen-bond donors (Lipinski definition) is 2. The normalized spacial score (nSPS) is 10.7. The first kappa shape index (κ1) is 18.7. The third-order valence-electron chi connectivity index (χ3n) is 3.06. The van der Waals surface area contributed by atoms with Crippen LogP contribution in [0.25, 0.3) is 0 Å². The number of benzene rings is 2. The van der Waals surface area contributed by atoms with Crippen molar-refractivity contribution in [3.63, 3.8) is 0 Å². The zero-order valence-electron chi connectivity index (χ0n) is 12.7. The molecule has 0 aliphatic carbocycles. The fraction of sp³-hybridized carbons (Fsp3) is 0.0667. The van der Waals surface area contributed by atoms with Gasteiger partial charge in [-0.1, -0.05) is 11.6 Å². The van der Waals surface area contributed by atoms with E-state index in [2.05, 4.69) is 26.5 Å². The zero-order chi connectivity index (χ0) is 18.6. The number of nitro groups is 1. The maximum Gasteiger partial charge on any atom is 0.288 e. The number of methoxy groups -OCH3 is 1. The smallest absolute Gasteiger partial charge is 0.288 e. The summed E-state index contributed by atoms with van der Waals surface area (Å²) in [5, 5.41) is 24.3. The van der Waals surface area contributed by atoms with Gasteiger partial charge in [0.05, 0.1) is 22.7 Å². The number of aromatic hydroxyl groups is 1. The van der Waals surface area contributed by atoms with Gasteiger partial charge >= 0.3 is 0 Å². The predicted molar refractivity (Wildman–Crippen MR) is 95.5 cm³/mol. The highest BCUT2D eigenvalue weighted by Gasteiger charge is 2.16. The summed E-state index contributed by atoms with van der Waals surface area (Å²) in [6, 6.07) is 6.76.